The Morgan fingerprint density at radius 3 is 2.88 bits per heavy atom. The summed E-state index contributed by atoms with van der Waals surface area (Å²) in [7, 11) is 0. The van der Waals surface area contributed by atoms with Crippen molar-refractivity contribution in [1.29, 1.82) is 0 Å². The first-order chi connectivity index (χ1) is 12.7. The number of aromatic amines is 1. The molecule has 0 spiro atoms. The zero-order chi connectivity index (χ0) is 17.9. The molecule has 2 heterocycles. The monoisotopic (exact) mass is 349 g/mol. The van der Waals surface area contributed by atoms with Gasteiger partial charge in [0.05, 0.1) is 6.42 Å². The van der Waals surface area contributed by atoms with Crippen molar-refractivity contribution in [1.82, 2.24) is 25.6 Å². The second-order valence-corrected chi connectivity index (χ2v) is 6.97. The summed E-state index contributed by atoms with van der Waals surface area (Å²) < 4.78 is 0. The fraction of sp³-hybridized carbons (Fsp3) is 0.350. The van der Waals surface area contributed by atoms with Crippen LogP contribution in [0.5, 0.6) is 0 Å². The summed E-state index contributed by atoms with van der Waals surface area (Å²) in [6.07, 6.45) is 1.44. The molecule has 6 nitrogen and oxygen atoms in total. The van der Waals surface area contributed by atoms with Gasteiger partial charge in [-0.05, 0) is 42.2 Å². The van der Waals surface area contributed by atoms with Crippen molar-refractivity contribution in [3.05, 3.63) is 59.2 Å². The molecule has 134 valence electrons. The third-order valence-corrected chi connectivity index (χ3v) is 5.12. The fourth-order valence-corrected chi connectivity index (χ4v) is 3.53. The molecule has 3 aromatic rings. The lowest BCUT2D eigenvalue weighted by molar-refractivity contribution is -0.120. The molecule has 1 atom stereocenters. The molecule has 1 aliphatic heterocycles. The Kier molecular flexibility index (Phi) is 4.67. The van der Waals surface area contributed by atoms with Crippen molar-refractivity contribution < 1.29 is 4.79 Å². The van der Waals surface area contributed by atoms with Crippen molar-refractivity contribution in [2.45, 2.75) is 32.4 Å². The molecule has 26 heavy (non-hydrogen) atoms. The number of benzene rings is 2. The van der Waals surface area contributed by atoms with Crippen molar-refractivity contribution in [2.24, 2.45) is 0 Å². The molecule has 6 heteroatoms. The normalized spacial score (nSPS) is 15.6. The Hall–Kier alpha value is -2.73. The van der Waals surface area contributed by atoms with Crippen molar-refractivity contribution in [3.63, 3.8) is 0 Å². The summed E-state index contributed by atoms with van der Waals surface area (Å²) >= 11 is 0. The first kappa shape index (κ1) is 16.7. The summed E-state index contributed by atoms with van der Waals surface area (Å²) in [5, 5.41) is 13.8. The van der Waals surface area contributed by atoms with Gasteiger partial charge in [-0.1, -0.05) is 30.3 Å². The van der Waals surface area contributed by atoms with Gasteiger partial charge in [-0.2, -0.15) is 15.4 Å². The standard InChI is InChI=1S/C20H23N5O/c1-14(25-9-8-16-4-2-3-5-17(16)13-25)12-21-20(26)11-15-6-7-18-19(10-15)23-24-22-18/h2-7,10,14H,8-9,11-13H2,1H3,(H,21,26)(H,22,23,24). The predicted molar refractivity (Wildman–Crippen MR) is 101 cm³/mol. The zero-order valence-electron chi connectivity index (χ0n) is 14.9. The van der Waals surface area contributed by atoms with Crippen LogP contribution in [-0.2, 0) is 24.2 Å². The highest BCUT2D eigenvalue weighted by molar-refractivity contribution is 5.81. The number of hydrogen-bond donors (Lipinski definition) is 2. The lowest BCUT2D eigenvalue weighted by Crippen LogP contribution is -2.44. The number of carbonyl (C=O) groups excluding carboxylic acids is 1. The predicted octanol–water partition coefficient (Wildman–Crippen LogP) is 2.06. The molecule has 4 rings (SSSR count). The number of rotatable bonds is 5. The van der Waals surface area contributed by atoms with E-state index in [2.05, 4.69) is 56.8 Å². The summed E-state index contributed by atoms with van der Waals surface area (Å²) in [5.74, 6) is 0.0390. The van der Waals surface area contributed by atoms with E-state index < -0.39 is 0 Å². The van der Waals surface area contributed by atoms with Gasteiger partial charge in [-0.25, -0.2) is 0 Å². The summed E-state index contributed by atoms with van der Waals surface area (Å²) in [6.45, 7) is 4.83. The van der Waals surface area contributed by atoms with Crippen LogP contribution in [0.4, 0.5) is 0 Å². The molecule has 0 aliphatic carbocycles. The Morgan fingerprint density at radius 1 is 1.19 bits per heavy atom. The fourth-order valence-electron chi connectivity index (χ4n) is 3.53. The minimum absolute atomic E-state index is 0.0390. The Morgan fingerprint density at radius 2 is 2.00 bits per heavy atom. The molecule has 0 radical (unpaired) electrons. The first-order valence-electron chi connectivity index (χ1n) is 9.06. The van der Waals surface area contributed by atoms with Gasteiger partial charge in [0.1, 0.15) is 11.0 Å². The second-order valence-electron chi connectivity index (χ2n) is 6.97. The summed E-state index contributed by atoms with van der Waals surface area (Å²) in [5.41, 5.74) is 5.40. The third-order valence-electron chi connectivity index (χ3n) is 5.12. The number of hydrogen-bond acceptors (Lipinski definition) is 4. The van der Waals surface area contributed by atoms with E-state index in [1.165, 1.54) is 11.1 Å². The van der Waals surface area contributed by atoms with Crippen LogP contribution in [-0.4, -0.2) is 45.3 Å². The molecule has 1 aliphatic rings. The lowest BCUT2D eigenvalue weighted by atomic mass is 9.99. The molecule has 0 bridgehead atoms. The zero-order valence-corrected chi connectivity index (χ0v) is 14.9. The molecular formula is C20H23N5O. The molecular weight excluding hydrogens is 326 g/mol. The van der Waals surface area contributed by atoms with E-state index >= 15 is 0 Å². The molecule has 1 amide bonds. The van der Waals surface area contributed by atoms with E-state index in [4.69, 9.17) is 0 Å². The molecule has 0 saturated heterocycles. The average Bonchev–Trinajstić information content (AvgIpc) is 3.13. The maximum atomic E-state index is 12.3. The van der Waals surface area contributed by atoms with E-state index in [9.17, 15) is 4.79 Å². The number of H-pyrrole nitrogens is 1. The maximum Gasteiger partial charge on any atom is 0.224 e. The van der Waals surface area contributed by atoms with E-state index in [0.717, 1.165) is 36.1 Å². The lowest BCUT2D eigenvalue weighted by Gasteiger charge is -2.33. The third kappa shape index (κ3) is 3.60. The van der Waals surface area contributed by atoms with E-state index in [1.54, 1.807) is 0 Å². The van der Waals surface area contributed by atoms with Crippen LogP contribution >= 0.6 is 0 Å². The molecule has 1 unspecified atom stereocenters. The minimum Gasteiger partial charge on any atom is -0.354 e. The van der Waals surface area contributed by atoms with Gasteiger partial charge in [-0.3, -0.25) is 9.69 Å². The highest BCUT2D eigenvalue weighted by Gasteiger charge is 2.20. The first-order valence-corrected chi connectivity index (χ1v) is 9.06. The van der Waals surface area contributed by atoms with Gasteiger partial charge in [0.15, 0.2) is 0 Å². The van der Waals surface area contributed by atoms with Gasteiger partial charge in [0, 0.05) is 25.7 Å². The minimum atomic E-state index is 0.0390. The largest absolute Gasteiger partial charge is 0.354 e. The van der Waals surface area contributed by atoms with E-state index in [0.29, 0.717) is 19.0 Å². The number of carbonyl (C=O) groups is 1. The SMILES string of the molecule is CC(CNC(=O)Cc1ccc2n[nH]nc2c1)N1CCc2ccccc2C1. The number of nitrogens with zero attached hydrogens (tertiary/aromatic N) is 3. The molecule has 2 aromatic carbocycles. The number of fused-ring (bicyclic) bond motifs is 2. The second kappa shape index (κ2) is 7.25. The number of nitrogens with one attached hydrogen (secondary N) is 2. The summed E-state index contributed by atoms with van der Waals surface area (Å²) in [4.78, 5) is 14.7. The topological polar surface area (TPSA) is 73.9 Å². The quantitative estimate of drug-likeness (QED) is 0.739. The van der Waals surface area contributed by atoms with Crippen molar-refractivity contribution >= 4 is 16.9 Å². The van der Waals surface area contributed by atoms with Crippen LogP contribution in [0.3, 0.4) is 0 Å². The van der Waals surface area contributed by atoms with Crippen LogP contribution in [0.25, 0.3) is 11.0 Å². The van der Waals surface area contributed by atoms with Gasteiger partial charge >= 0.3 is 0 Å². The molecule has 2 N–H and O–H groups in total. The van der Waals surface area contributed by atoms with Crippen molar-refractivity contribution in [2.75, 3.05) is 13.1 Å². The van der Waals surface area contributed by atoms with Gasteiger partial charge in [-0.15, -0.1) is 0 Å². The van der Waals surface area contributed by atoms with Crippen LogP contribution in [0.1, 0.15) is 23.6 Å². The highest BCUT2D eigenvalue weighted by Crippen LogP contribution is 2.20. The highest BCUT2D eigenvalue weighted by atomic mass is 16.1. The van der Waals surface area contributed by atoms with Gasteiger partial charge in [0.25, 0.3) is 0 Å². The summed E-state index contributed by atoms with van der Waals surface area (Å²) in [6, 6.07) is 14.6. The smallest absolute Gasteiger partial charge is 0.224 e. The van der Waals surface area contributed by atoms with Gasteiger partial charge in [0.2, 0.25) is 5.91 Å². The van der Waals surface area contributed by atoms with E-state index in [-0.39, 0.29) is 5.91 Å². The van der Waals surface area contributed by atoms with Crippen molar-refractivity contribution in [3.8, 4) is 0 Å². The maximum absolute atomic E-state index is 12.3. The Labute approximate surface area is 152 Å². The molecule has 0 saturated carbocycles. The van der Waals surface area contributed by atoms with Crippen LogP contribution in [0, 0.1) is 0 Å². The van der Waals surface area contributed by atoms with Crippen LogP contribution in [0.15, 0.2) is 42.5 Å². The van der Waals surface area contributed by atoms with E-state index in [1.807, 2.05) is 18.2 Å². The number of aromatic nitrogens is 3. The molecule has 1 aromatic heterocycles. The Bertz CT molecular complexity index is 919. The van der Waals surface area contributed by atoms with Crippen LogP contribution < -0.4 is 5.32 Å². The van der Waals surface area contributed by atoms with Crippen LogP contribution in [0.2, 0.25) is 0 Å². The van der Waals surface area contributed by atoms with Gasteiger partial charge < -0.3 is 5.32 Å². The number of amides is 1. The molecule has 0 fully saturated rings. The Balaban J connectivity index is 1.30. The average molecular weight is 349 g/mol.